The molecule has 0 aliphatic heterocycles. The van der Waals surface area contributed by atoms with Gasteiger partial charge in [0.05, 0.1) is 12.8 Å². The van der Waals surface area contributed by atoms with Gasteiger partial charge in [-0.1, -0.05) is 11.6 Å². The molecule has 1 rings (SSSR count). The fourth-order valence-electron chi connectivity index (χ4n) is 0.969. The van der Waals surface area contributed by atoms with Crippen LogP contribution in [0.4, 0.5) is 0 Å². The highest BCUT2D eigenvalue weighted by molar-refractivity contribution is 6.45. The van der Waals surface area contributed by atoms with E-state index in [1.165, 1.54) is 0 Å². The van der Waals surface area contributed by atoms with Crippen LogP contribution in [0.25, 0.3) is 0 Å². The van der Waals surface area contributed by atoms with Crippen molar-refractivity contribution < 1.29 is 5.32 Å². The van der Waals surface area contributed by atoms with Crippen molar-refractivity contribution in [3.05, 3.63) is 40.8 Å². The summed E-state index contributed by atoms with van der Waals surface area (Å²) in [6.07, 6.45) is 3.30. The Morgan fingerprint density at radius 2 is 2.00 bits per heavy atom. The van der Waals surface area contributed by atoms with E-state index in [4.69, 9.17) is 17.0 Å². The first-order valence-corrected chi connectivity index (χ1v) is 4.69. The molecule has 4 heteroatoms. The Hall–Kier alpha value is -1.19. The van der Waals surface area contributed by atoms with Crippen molar-refractivity contribution in [1.82, 2.24) is 4.98 Å². The van der Waals surface area contributed by atoms with Gasteiger partial charge in [-0.25, -0.2) is 0 Å². The number of allylic oxidation sites excluding steroid dienone is 2. The Labute approximate surface area is 88.3 Å². The Kier molecular flexibility index (Phi) is 3.80. The lowest BCUT2D eigenvalue weighted by Crippen LogP contribution is -2.77. The standard InChI is InChI=1S/C10H12ClN3/c1-7(13-2)9(11)10(12)8-3-5-14-6-4-8/h3-6,12-13H,1-2H3/p+1. The van der Waals surface area contributed by atoms with Crippen LogP contribution in [0.15, 0.2) is 35.3 Å². The molecule has 0 fully saturated rings. The van der Waals surface area contributed by atoms with Crippen molar-refractivity contribution in [2.75, 3.05) is 7.05 Å². The van der Waals surface area contributed by atoms with E-state index in [1.807, 2.05) is 19.3 Å². The third kappa shape index (κ3) is 2.40. The van der Waals surface area contributed by atoms with Crippen molar-refractivity contribution in [3.8, 4) is 0 Å². The van der Waals surface area contributed by atoms with Crippen molar-refractivity contribution >= 4 is 17.3 Å². The number of nitrogens with one attached hydrogen (secondary N) is 1. The predicted octanol–water partition coefficient (Wildman–Crippen LogP) is 1.11. The molecular formula is C10H13ClN3+. The molecule has 0 spiro atoms. The maximum Gasteiger partial charge on any atom is 0.123 e. The third-order valence-electron chi connectivity index (χ3n) is 1.97. The number of nitrogens with zero attached hydrogens (tertiary/aromatic N) is 1. The van der Waals surface area contributed by atoms with Crippen LogP contribution < -0.4 is 5.32 Å². The van der Waals surface area contributed by atoms with E-state index >= 15 is 0 Å². The number of aromatic nitrogens is 1. The summed E-state index contributed by atoms with van der Waals surface area (Å²) in [6, 6.07) is 3.54. The quantitative estimate of drug-likeness (QED) is 0.722. The van der Waals surface area contributed by atoms with Gasteiger partial charge in [0.25, 0.3) is 0 Å². The van der Waals surface area contributed by atoms with E-state index in [-0.39, 0.29) is 0 Å². The number of hydrogen-bond acceptors (Lipinski definition) is 2. The summed E-state index contributed by atoms with van der Waals surface area (Å²) in [4.78, 5) is 3.89. The van der Waals surface area contributed by atoms with Crippen molar-refractivity contribution in [2.24, 2.45) is 0 Å². The third-order valence-corrected chi connectivity index (χ3v) is 2.45. The van der Waals surface area contributed by atoms with Crippen LogP contribution in [0.1, 0.15) is 12.5 Å². The zero-order valence-corrected chi connectivity index (χ0v) is 8.97. The molecule has 0 unspecified atom stereocenters. The minimum atomic E-state index is 0.338. The lowest BCUT2D eigenvalue weighted by atomic mass is 10.1. The highest BCUT2D eigenvalue weighted by atomic mass is 35.5. The fourth-order valence-corrected chi connectivity index (χ4v) is 1.19. The zero-order valence-electron chi connectivity index (χ0n) is 8.21. The van der Waals surface area contributed by atoms with Crippen molar-refractivity contribution in [1.29, 1.82) is 5.41 Å². The van der Waals surface area contributed by atoms with Gasteiger partial charge < -0.3 is 5.32 Å². The van der Waals surface area contributed by atoms with Gasteiger partial charge in [0.1, 0.15) is 10.7 Å². The number of halogens is 1. The molecule has 14 heavy (non-hydrogen) atoms. The minimum absolute atomic E-state index is 0.338. The molecule has 1 heterocycles. The van der Waals surface area contributed by atoms with Crippen LogP contribution in [0.5, 0.6) is 0 Å². The van der Waals surface area contributed by atoms with E-state index in [2.05, 4.69) is 4.98 Å². The van der Waals surface area contributed by atoms with Crippen LogP contribution in [-0.4, -0.2) is 17.7 Å². The molecule has 0 aliphatic rings. The van der Waals surface area contributed by atoms with Gasteiger partial charge in [-0.2, -0.15) is 0 Å². The van der Waals surface area contributed by atoms with Gasteiger partial charge in [0.15, 0.2) is 0 Å². The number of pyridine rings is 1. The maximum absolute atomic E-state index is 7.83. The van der Waals surface area contributed by atoms with Crippen LogP contribution >= 0.6 is 11.6 Å². The molecule has 74 valence electrons. The van der Waals surface area contributed by atoms with Gasteiger partial charge in [-0.3, -0.25) is 10.4 Å². The van der Waals surface area contributed by atoms with Gasteiger partial charge in [-0.15, -0.1) is 0 Å². The predicted molar refractivity (Wildman–Crippen MR) is 57.5 cm³/mol. The molecule has 1 aromatic heterocycles. The second-order valence-corrected chi connectivity index (χ2v) is 3.27. The van der Waals surface area contributed by atoms with Gasteiger partial charge >= 0.3 is 0 Å². The molecule has 0 radical (unpaired) electrons. The Morgan fingerprint density at radius 3 is 2.50 bits per heavy atom. The fraction of sp³-hybridized carbons (Fsp3) is 0.200. The maximum atomic E-state index is 7.83. The van der Waals surface area contributed by atoms with E-state index in [0.29, 0.717) is 10.7 Å². The summed E-state index contributed by atoms with van der Waals surface area (Å²) in [5.74, 6) is 0. The molecule has 0 saturated heterocycles. The largest absolute Gasteiger partial charge is 0.319 e. The normalized spacial score (nSPS) is 12.2. The molecule has 0 aliphatic carbocycles. The summed E-state index contributed by atoms with van der Waals surface area (Å²) in [5.41, 5.74) is 2.03. The molecule has 3 nitrogen and oxygen atoms in total. The van der Waals surface area contributed by atoms with Gasteiger partial charge in [0, 0.05) is 24.9 Å². The van der Waals surface area contributed by atoms with E-state index in [9.17, 15) is 0 Å². The van der Waals surface area contributed by atoms with Crippen molar-refractivity contribution in [3.63, 3.8) is 0 Å². The average molecular weight is 211 g/mol. The van der Waals surface area contributed by atoms with Crippen LogP contribution in [0.2, 0.25) is 0 Å². The zero-order chi connectivity index (χ0) is 10.6. The molecule has 0 amide bonds. The second kappa shape index (κ2) is 4.88. The lowest BCUT2D eigenvalue weighted by molar-refractivity contribution is -0.576. The van der Waals surface area contributed by atoms with Crippen molar-refractivity contribution in [2.45, 2.75) is 6.92 Å². The van der Waals surface area contributed by atoms with Crippen LogP contribution in [0.3, 0.4) is 0 Å². The summed E-state index contributed by atoms with van der Waals surface area (Å²) in [6.45, 7) is 1.89. The SMILES string of the molecule is C[NH2+]C(C)=C(Cl)C(=N)c1ccncc1. The summed E-state index contributed by atoms with van der Waals surface area (Å²) in [7, 11) is 1.90. The van der Waals surface area contributed by atoms with Crippen LogP contribution in [-0.2, 0) is 0 Å². The Balaban J connectivity index is 2.98. The van der Waals surface area contributed by atoms with E-state index in [0.717, 1.165) is 11.3 Å². The van der Waals surface area contributed by atoms with E-state index in [1.54, 1.807) is 24.5 Å². The second-order valence-electron chi connectivity index (χ2n) is 2.90. The van der Waals surface area contributed by atoms with Gasteiger partial charge in [0.2, 0.25) is 0 Å². The molecule has 1 aromatic rings. The number of hydrogen-bond donors (Lipinski definition) is 2. The summed E-state index contributed by atoms with van der Waals surface area (Å²) in [5, 5.41) is 10.2. The van der Waals surface area contributed by atoms with Crippen LogP contribution in [0, 0.1) is 5.41 Å². The molecule has 0 aromatic carbocycles. The smallest absolute Gasteiger partial charge is 0.123 e. The number of nitrogens with two attached hydrogens (primary N) is 1. The minimum Gasteiger partial charge on any atom is -0.319 e. The average Bonchev–Trinajstić information content (AvgIpc) is 2.27. The van der Waals surface area contributed by atoms with E-state index < -0.39 is 0 Å². The molecule has 0 saturated carbocycles. The Morgan fingerprint density at radius 1 is 1.43 bits per heavy atom. The first-order chi connectivity index (χ1) is 6.66. The monoisotopic (exact) mass is 210 g/mol. The highest BCUT2D eigenvalue weighted by Crippen LogP contribution is 2.12. The molecule has 0 bridgehead atoms. The molecular weight excluding hydrogens is 198 g/mol. The first-order valence-electron chi connectivity index (χ1n) is 4.32. The van der Waals surface area contributed by atoms with Gasteiger partial charge in [-0.05, 0) is 12.1 Å². The highest BCUT2D eigenvalue weighted by Gasteiger charge is 2.10. The molecule has 3 N–H and O–H groups in total. The topological polar surface area (TPSA) is 53.4 Å². The first kappa shape index (κ1) is 10.9. The lowest BCUT2D eigenvalue weighted by Gasteiger charge is -2.03. The molecule has 0 atom stereocenters. The number of rotatable bonds is 3. The summed E-state index contributed by atoms with van der Waals surface area (Å²) < 4.78 is 0. The number of quaternary nitrogens is 1. The Bertz CT molecular complexity index is 357. The summed E-state index contributed by atoms with van der Waals surface area (Å²) >= 11 is 6.02.